The number of benzene rings is 1. The topological polar surface area (TPSA) is 73.4 Å². The molecule has 188 valence electrons. The molecule has 35 heavy (non-hydrogen) atoms. The molecule has 2 aliphatic heterocycles. The molecule has 3 aromatic rings. The molecule has 0 radical (unpaired) electrons. The maximum Gasteiger partial charge on any atom is 0.186 e. The highest BCUT2D eigenvalue weighted by Gasteiger charge is 2.24. The van der Waals surface area contributed by atoms with E-state index in [0.717, 1.165) is 96.7 Å². The Hall–Kier alpha value is -2.58. The number of nitrogens with zero attached hydrogens (tertiary/aromatic N) is 6. The number of aromatic nitrogens is 4. The van der Waals surface area contributed by atoms with Crippen molar-refractivity contribution in [1.82, 2.24) is 25.1 Å². The molecule has 0 spiro atoms. The number of ether oxygens (including phenoxy) is 1. The molecular weight excluding hydrogens is 462 g/mol. The molecular formula is C26H36ClN7O. The number of piperazine rings is 1. The molecule has 2 aliphatic rings. The van der Waals surface area contributed by atoms with E-state index in [-0.39, 0.29) is 0 Å². The Kier molecular flexibility index (Phi) is 7.58. The van der Waals surface area contributed by atoms with Crippen LogP contribution in [0, 0.1) is 6.92 Å². The summed E-state index contributed by atoms with van der Waals surface area (Å²) in [4.78, 5) is 16.3. The Morgan fingerprint density at radius 2 is 1.77 bits per heavy atom. The molecule has 2 saturated heterocycles. The Bertz CT molecular complexity index is 1140. The first-order chi connectivity index (χ1) is 17.1. The van der Waals surface area contributed by atoms with Gasteiger partial charge in [0.25, 0.3) is 0 Å². The second kappa shape index (κ2) is 11.0. The standard InChI is InChI=1S/C26H36ClN7O/c1-3-21-24-25(31-30-21)28-18-29-26(24)34-13-11-33(12-14-34)22-16-20(27)17-23(19(22)2)35-15-7-10-32-8-5-4-6-9-32/h16-18H,3-15H2,1-2H3,(H,28,29,30,31). The Labute approximate surface area is 212 Å². The Morgan fingerprint density at radius 3 is 2.54 bits per heavy atom. The van der Waals surface area contributed by atoms with Crippen molar-refractivity contribution in [2.45, 2.75) is 46.0 Å². The van der Waals surface area contributed by atoms with E-state index in [4.69, 9.17) is 16.3 Å². The van der Waals surface area contributed by atoms with Crippen LogP contribution >= 0.6 is 11.6 Å². The number of nitrogens with one attached hydrogen (secondary N) is 1. The molecule has 0 aliphatic carbocycles. The number of H-pyrrole nitrogens is 1. The fourth-order valence-electron chi connectivity index (χ4n) is 5.33. The van der Waals surface area contributed by atoms with Crippen LogP contribution in [0.2, 0.25) is 5.02 Å². The molecule has 5 rings (SSSR count). The number of hydrogen-bond acceptors (Lipinski definition) is 7. The van der Waals surface area contributed by atoms with E-state index in [9.17, 15) is 0 Å². The first-order valence-corrected chi connectivity index (χ1v) is 13.3. The summed E-state index contributed by atoms with van der Waals surface area (Å²) in [6.07, 6.45) is 7.56. The maximum absolute atomic E-state index is 6.53. The number of fused-ring (bicyclic) bond motifs is 1. The van der Waals surface area contributed by atoms with E-state index in [2.05, 4.69) is 54.8 Å². The summed E-state index contributed by atoms with van der Waals surface area (Å²) in [5.41, 5.74) is 4.15. The summed E-state index contributed by atoms with van der Waals surface area (Å²) in [5, 5.41) is 9.24. The molecule has 2 fully saturated rings. The van der Waals surface area contributed by atoms with Gasteiger partial charge in [-0.05, 0) is 57.8 Å². The van der Waals surface area contributed by atoms with E-state index in [0.29, 0.717) is 0 Å². The average molecular weight is 498 g/mol. The minimum Gasteiger partial charge on any atom is -0.493 e. The minimum absolute atomic E-state index is 0.721. The van der Waals surface area contributed by atoms with Gasteiger partial charge < -0.3 is 19.4 Å². The normalized spacial score (nSPS) is 17.3. The molecule has 1 aromatic carbocycles. The van der Waals surface area contributed by atoms with Gasteiger partial charge in [-0.25, -0.2) is 9.97 Å². The first kappa shape index (κ1) is 24.1. The van der Waals surface area contributed by atoms with Gasteiger partial charge in [-0.3, -0.25) is 5.10 Å². The summed E-state index contributed by atoms with van der Waals surface area (Å²) >= 11 is 6.53. The van der Waals surface area contributed by atoms with Crippen molar-refractivity contribution in [2.24, 2.45) is 0 Å². The predicted octanol–water partition coefficient (Wildman–Crippen LogP) is 4.46. The average Bonchev–Trinajstić information content (AvgIpc) is 3.32. The number of rotatable bonds is 8. The zero-order chi connectivity index (χ0) is 24.2. The minimum atomic E-state index is 0.721. The van der Waals surface area contributed by atoms with Gasteiger partial charge in [-0.2, -0.15) is 5.10 Å². The lowest BCUT2D eigenvalue weighted by Gasteiger charge is -2.37. The third kappa shape index (κ3) is 5.33. The molecule has 0 amide bonds. The van der Waals surface area contributed by atoms with Gasteiger partial charge >= 0.3 is 0 Å². The van der Waals surface area contributed by atoms with E-state index in [1.165, 1.54) is 32.4 Å². The van der Waals surface area contributed by atoms with Crippen molar-refractivity contribution in [3.8, 4) is 5.75 Å². The van der Waals surface area contributed by atoms with Gasteiger partial charge in [0, 0.05) is 54.7 Å². The molecule has 0 saturated carbocycles. The molecule has 2 aromatic heterocycles. The lowest BCUT2D eigenvalue weighted by molar-refractivity contribution is 0.204. The molecule has 9 heteroatoms. The fourth-order valence-corrected chi connectivity index (χ4v) is 5.53. The van der Waals surface area contributed by atoms with Crippen LogP contribution in [-0.4, -0.2) is 77.5 Å². The maximum atomic E-state index is 6.53. The molecule has 0 atom stereocenters. The molecule has 4 heterocycles. The highest BCUT2D eigenvalue weighted by Crippen LogP contribution is 2.34. The zero-order valence-corrected chi connectivity index (χ0v) is 21.6. The van der Waals surface area contributed by atoms with Gasteiger partial charge in [0.2, 0.25) is 0 Å². The number of hydrogen-bond donors (Lipinski definition) is 1. The molecule has 0 unspecified atom stereocenters. The van der Waals surface area contributed by atoms with Gasteiger partial charge in [0.05, 0.1) is 12.0 Å². The quantitative estimate of drug-likeness (QED) is 0.460. The second-order valence-corrected chi connectivity index (χ2v) is 10.0. The number of halogens is 1. The van der Waals surface area contributed by atoms with Crippen LogP contribution in [-0.2, 0) is 6.42 Å². The molecule has 1 N–H and O–H groups in total. The van der Waals surface area contributed by atoms with Crippen molar-refractivity contribution in [2.75, 3.05) is 62.2 Å². The van der Waals surface area contributed by atoms with E-state index in [1.54, 1.807) is 6.33 Å². The van der Waals surface area contributed by atoms with Gasteiger partial charge in [-0.1, -0.05) is 24.9 Å². The van der Waals surface area contributed by atoms with Crippen molar-refractivity contribution in [3.63, 3.8) is 0 Å². The highest BCUT2D eigenvalue weighted by molar-refractivity contribution is 6.31. The van der Waals surface area contributed by atoms with Crippen molar-refractivity contribution < 1.29 is 4.74 Å². The molecule has 0 bridgehead atoms. The summed E-state index contributed by atoms with van der Waals surface area (Å²) in [7, 11) is 0. The number of aromatic amines is 1. The van der Waals surface area contributed by atoms with E-state index < -0.39 is 0 Å². The first-order valence-electron chi connectivity index (χ1n) is 13.0. The predicted molar refractivity (Wildman–Crippen MR) is 142 cm³/mol. The summed E-state index contributed by atoms with van der Waals surface area (Å²) < 4.78 is 6.22. The van der Waals surface area contributed by atoms with Gasteiger partial charge in [-0.15, -0.1) is 0 Å². The van der Waals surface area contributed by atoms with Crippen molar-refractivity contribution >= 4 is 34.1 Å². The smallest absolute Gasteiger partial charge is 0.186 e. The lowest BCUT2D eigenvalue weighted by atomic mass is 10.1. The summed E-state index contributed by atoms with van der Waals surface area (Å²) in [6, 6.07) is 4.03. The number of anilines is 2. The second-order valence-electron chi connectivity index (χ2n) is 9.58. The van der Waals surface area contributed by atoms with Crippen LogP contribution in [0.4, 0.5) is 11.5 Å². The zero-order valence-electron chi connectivity index (χ0n) is 20.9. The van der Waals surface area contributed by atoms with Gasteiger partial charge in [0.15, 0.2) is 5.65 Å². The Morgan fingerprint density at radius 1 is 1.00 bits per heavy atom. The summed E-state index contributed by atoms with van der Waals surface area (Å²) in [6.45, 7) is 12.1. The third-order valence-corrected chi connectivity index (χ3v) is 7.52. The number of aryl methyl sites for hydroxylation is 1. The lowest BCUT2D eigenvalue weighted by Crippen LogP contribution is -2.47. The van der Waals surface area contributed by atoms with Crippen LogP contribution in [0.25, 0.3) is 11.0 Å². The van der Waals surface area contributed by atoms with Crippen molar-refractivity contribution in [3.05, 3.63) is 34.7 Å². The fraction of sp³-hybridized carbons (Fsp3) is 0.577. The summed E-state index contributed by atoms with van der Waals surface area (Å²) in [5.74, 6) is 1.87. The highest BCUT2D eigenvalue weighted by atomic mass is 35.5. The van der Waals surface area contributed by atoms with Gasteiger partial charge in [0.1, 0.15) is 17.9 Å². The third-order valence-electron chi connectivity index (χ3n) is 7.30. The Balaban J connectivity index is 1.23. The number of piperidine rings is 1. The van der Waals surface area contributed by atoms with Crippen molar-refractivity contribution in [1.29, 1.82) is 0 Å². The SMILES string of the molecule is CCc1[nH]nc2ncnc(N3CCN(c4cc(Cl)cc(OCCCN5CCCCC5)c4C)CC3)c12. The van der Waals surface area contributed by atoms with Crippen LogP contribution in [0.15, 0.2) is 18.5 Å². The molecule has 8 nitrogen and oxygen atoms in total. The number of likely N-dealkylation sites (tertiary alicyclic amines) is 1. The van der Waals surface area contributed by atoms with Crippen LogP contribution < -0.4 is 14.5 Å². The van der Waals surface area contributed by atoms with Crippen LogP contribution in [0.3, 0.4) is 0 Å². The van der Waals surface area contributed by atoms with E-state index in [1.807, 2.05) is 6.07 Å². The monoisotopic (exact) mass is 497 g/mol. The largest absolute Gasteiger partial charge is 0.493 e. The van der Waals surface area contributed by atoms with Crippen LogP contribution in [0.1, 0.15) is 43.9 Å². The van der Waals surface area contributed by atoms with Crippen LogP contribution in [0.5, 0.6) is 5.75 Å². The van der Waals surface area contributed by atoms with E-state index >= 15 is 0 Å².